The summed E-state index contributed by atoms with van der Waals surface area (Å²) >= 11 is 3.63. The summed E-state index contributed by atoms with van der Waals surface area (Å²) in [7, 11) is 0. The molecular weight excluding hydrogens is 304 g/mol. The Bertz CT molecular complexity index is 210. The summed E-state index contributed by atoms with van der Waals surface area (Å²) in [5, 5.41) is 0. The summed E-state index contributed by atoms with van der Waals surface area (Å²) in [5.74, 6) is 0. The first-order valence-electron chi connectivity index (χ1n) is 3.22. The first-order valence-corrected chi connectivity index (χ1v) is 6.82. The molecule has 1 aromatic rings. The van der Waals surface area contributed by atoms with Gasteiger partial charge in [0.05, 0.1) is 0 Å². The van der Waals surface area contributed by atoms with Crippen molar-refractivity contribution in [1.82, 2.24) is 0 Å². The van der Waals surface area contributed by atoms with Crippen molar-refractivity contribution in [3.63, 3.8) is 0 Å². The van der Waals surface area contributed by atoms with Gasteiger partial charge in [0, 0.05) is 0 Å². The van der Waals surface area contributed by atoms with Gasteiger partial charge in [-0.25, -0.2) is 0 Å². The fourth-order valence-corrected chi connectivity index (χ4v) is 3.74. The molecule has 1 aromatic carbocycles. The molecule has 0 spiro atoms. The molecule has 2 heteroatoms. The van der Waals surface area contributed by atoms with E-state index in [1.54, 1.807) is 0 Å². The Hall–Kier alpha value is 0.490. The van der Waals surface area contributed by atoms with Crippen molar-refractivity contribution in [1.29, 1.82) is 0 Å². The van der Waals surface area contributed by atoms with Crippen LogP contribution < -0.4 is 3.61 Å². The molecule has 0 atom stereocenters. The van der Waals surface area contributed by atoms with E-state index in [1.807, 2.05) is 0 Å². The molecule has 0 aliphatic heterocycles. The van der Waals surface area contributed by atoms with Crippen LogP contribution in [0.1, 0.15) is 6.92 Å². The van der Waals surface area contributed by atoms with E-state index in [-0.39, 0.29) is 20.9 Å². The Balaban J connectivity index is 2.81. The van der Waals surface area contributed by atoms with E-state index in [0.29, 0.717) is 0 Å². The molecule has 0 aliphatic carbocycles. The van der Waals surface area contributed by atoms with Gasteiger partial charge in [-0.1, -0.05) is 0 Å². The maximum absolute atomic E-state index is 3.53. The number of hydrogen-bond donors (Lipinski definition) is 0. The number of hydrogen-bond acceptors (Lipinski definition) is 0. The van der Waals surface area contributed by atoms with Crippen molar-refractivity contribution in [2.45, 2.75) is 11.4 Å². The Morgan fingerprint density at radius 3 is 2.70 bits per heavy atom. The van der Waals surface area contributed by atoms with Crippen LogP contribution in [0.25, 0.3) is 0 Å². The van der Waals surface area contributed by atoms with Gasteiger partial charge in [-0.05, 0) is 0 Å². The fourth-order valence-electron chi connectivity index (χ4n) is 0.717. The maximum atomic E-state index is 3.53. The second-order valence-corrected chi connectivity index (χ2v) is 6.44. The van der Waals surface area contributed by atoms with Gasteiger partial charge in [0.2, 0.25) is 0 Å². The predicted octanol–water partition coefficient (Wildman–Crippen LogP) is 2.22. The van der Waals surface area contributed by atoms with E-state index in [9.17, 15) is 0 Å². The minimum atomic E-state index is 0.0964. The molecule has 0 saturated heterocycles. The van der Waals surface area contributed by atoms with Crippen molar-refractivity contribution >= 4 is 40.5 Å². The molecule has 54 valence electrons. The summed E-state index contributed by atoms with van der Waals surface area (Å²) in [5.41, 5.74) is 0. The van der Waals surface area contributed by atoms with Crippen LogP contribution in [0.15, 0.2) is 28.7 Å². The average molecular weight is 313 g/mol. The molecule has 0 unspecified atom stereocenters. The van der Waals surface area contributed by atoms with Gasteiger partial charge in [0.15, 0.2) is 0 Å². The number of rotatable bonds is 2. The summed E-state index contributed by atoms with van der Waals surface area (Å²) in [6, 6.07) is 8.52. The molecule has 10 heavy (non-hydrogen) atoms. The molecular formula is C8H9BrTe. The Morgan fingerprint density at radius 1 is 1.40 bits per heavy atom. The van der Waals surface area contributed by atoms with Crippen molar-refractivity contribution in [3.05, 3.63) is 28.7 Å². The van der Waals surface area contributed by atoms with Gasteiger partial charge in [0.25, 0.3) is 0 Å². The van der Waals surface area contributed by atoms with Crippen molar-refractivity contribution in [2.24, 2.45) is 0 Å². The third-order valence-corrected chi connectivity index (χ3v) is 5.37. The van der Waals surface area contributed by atoms with Crippen LogP contribution in [0.5, 0.6) is 0 Å². The summed E-state index contributed by atoms with van der Waals surface area (Å²) in [6.07, 6.45) is 0. The number of benzene rings is 1. The molecule has 1 rings (SSSR count). The molecule has 0 heterocycles. The van der Waals surface area contributed by atoms with Gasteiger partial charge in [-0.3, -0.25) is 0 Å². The van der Waals surface area contributed by atoms with Crippen LogP contribution in [0.4, 0.5) is 0 Å². The zero-order chi connectivity index (χ0) is 7.40. The normalized spacial score (nSPS) is 9.80. The summed E-state index contributed by atoms with van der Waals surface area (Å²) < 4.78 is 4.17. The zero-order valence-electron chi connectivity index (χ0n) is 5.80. The Labute approximate surface area is 80.2 Å². The molecule has 0 aliphatic rings. The van der Waals surface area contributed by atoms with Gasteiger partial charge in [0.1, 0.15) is 0 Å². The Kier molecular flexibility index (Phi) is 3.76. The van der Waals surface area contributed by atoms with Crippen LogP contribution in [0, 0.1) is 0 Å². The van der Waals surface area contributed by atoms with Crippen molar-refractivity contribution in [2.75, 3.05) is 0 Å². The van der Waals surface area contributed by atoms with Gasteiger partial charge in [-0.2, -0.15) is 0 Å². The Morgan fingerprint density at radius 2 is 2.10 bits per heavy atom. The van der Waals surface area contributed by atoms with Crippen LogP contribution in [-0.4, -0.2) is 20.9 Å². The van der Waals surface area contributed by atoms with E-state index in [1.165, 1.54) is 12.6 Å². The van der Waals surface area contributed by atoms with E-state index in [0.717, 1.165) is 0 Å². The predicted molar refractivity (Wildman–Crippen MR) is 50.0 cm³/mol. The zero-order valence-corrected chi connectivity index (χ0v) is 9.72. The first-order chi connectivity index (χ1) is 4.84. The standard InChI is InChI=1S/C8H9BrTe/c1-2-10-8-6-4-3-5-7(8)9/h3-6H,2H2,1H3. The van der Waals surface area contributed by atoms with Crippen molar-refractivity contribution < 1.29 is 0 Å². The molecule has 0 saturated carbocycles. The van der Waals surface area contributed by atoms with Crippen LogP contribution in [0.3, 0.4) is 0 Å². The van der Waals surface area contributed by atoms with Crippen LogP contribution in [0.2, 0.25) is 4.47 Å². The molecule has 0 fully saturated rings. The number of halogens is 1. The molecule has 0 bridgehead atoms. The van der Waals surface area contributed by atoms with E-state index >= 15 is 0 Å². The second kappa shape index (κ2) is 4.38. The second-order valence-electron chi connectivity index (χ2n) is 1.86. The molecule has 0 amide bonds. The van der Waals surface area contributed by atoms with Crippen LogP contribution >= 0.6 is 15.9 Å². The summed E-state index contributed by atoms with van der Waals surface area (Å²) in [6.45, 7) is 2.25. The topological polar surface area (TPSA) is 0 Å². The SMILES string of the molecule is CC[Te]c1ccccc1Br. The summed E-state index contributed by atoms with van der Waals surface area (Å²) in [4.78, 5) is 0. The van der Waals surface area contributed by atoms with Gasteiger partial charge >= 0.3 is 80.6 Å². The minimum absolute atomic E-state index is 0.0964. The van der Waals surface area contributed by atoms with Gasteiger partial charge in [-0.15, -0.1) is 0 Å². The first kappa shape index (κ1) is 8.58. The molecule has 0 nitrogen and oxygen atoms in total. The molecule has 0 N–H and O–H groups in total. The molecule has 0 radical (unpaired) electrons. The monoisotopic (exact) mass is 314 g/mol. The van der Waals surface area contributed by atoms with E-state index in [4.69, 9.17) is 0 Å². The fraction of sp³-hybridized carbons (Fsp3) is 0.250. The van der Waals surface area contributed by atoms with Crippen molar-refractivity contribution in [3.8, 4) is 0 Å². The van der Waals surface area contributed by atoms with Gasteiger partial charge < -0.3 is 0 Å². The van der Waals surface area contributed by atoms with Crippen LogP contribution in [-0.2, 0) is 0 Å². The third kappa shape index (κ3) is 2.27. The molecule has 0 aromatic heterocycles. The van der Waals surface area contributed by atoms with E-state index in [2.05, 4.69) is 47.1 Å². The van der Waals surface area contributed by atoms with E-state index < -0.39 is 0 Å². The third-order valence-electron chi connectivity index (χ3n) is 1.14. The quantitative estimate of drug-likeness (QED) is 0.735. The average Bonchev–Trinajstić information content (AvgIpc) is 1.94.